The van der Waals surface area contributed by atoms with E-state index >= 15 is 0 Å². The van der Waals surface area contributed by atoms with Gasteiger partial charge in [0.2, 0.25) is 0 Å². The fourth-order valence-corrected chi connectivity index (χ4v) is 6.28. The van der Waals surface area contributed by atoms with E-state index in [0.29, 0.717) is 45.9 Å². The molecular weight excluding hydrogens is 735 g/mol. The van der Waals surface area contributed by atoms with E-state index in [-0.39, 0.29) is 45.2 Å². The summed E-state index contributed by atoms with van der Waals surface area (Å²) >= 11 is 12.1. The van der Waals surface area contributed by atoms with Crippen molar-refractivity contribution in [2.75, 3.05) is 10.6 Å². The zero-order chi connectivity index (χ0) is 39.5. The average molecular weight is 778 g/mol. The van der Waals surface area contributed by atoms with Crippen LogP contribution in [0, 0.1) is 0 Å². The fourth-order valence-electron chi connectivity index (χ4n) is 5.90. The Kier molecular flexibility index (Phi) is 13.9. The number of nitrogens with zero attached hydrogens (tertiary/aromatic N) is 4. The highest BCUT2D eigenvalue weighted by atomic mass is 35.5. The number of aryl methyl sites for hydroxylation is 2. The third-order valence-electron chi connectivity index (χ3n) is 8.46. The molecule has 2 N–H and O–H groups in total. The SMILES string of the molecule is CCCCn1nc(-c2ccccc2)c(C(C)=O)c(Nc2cccc(Cl)c2)c1=O.CCCn1nc(-c2ccccc2)c(C(C)=O)c(Nc2cccc(Cl)c2)c1=O. The molecule has 0 atom stereocenters. The van der Waals surface area contributed by atoms with Gasteiger partial charge in [-0.15, -0.1) is 0 Å². The van der Waals surface area contributed by atoms with Gasteiger partial charge in [-0.3, -0.25) is 19.2 Å². The maximum Gasteiger partial charge on any atom is 0.291 e. The molecular formula is C43H42Cl2N6O4. The Morgan fingerprint density at radius 2 is 1.00 bits per heavy atom. The van der Waals surface area contributed by atoms with Crippen LogP contribution in [0.2, 0.25) is 10.0 Å². The lowest BCUT2D eigenvalue weighted by atomic mass is 10.0. The van der Waals surface area contributed by atoms with E-state index in [0.717, 1.165) is 30.4 Å². The van der Waals surface area contributed by atoms with Gasteiger partial charge in [-0.25, -0.2) is 9.36 Å². The predicted octanol–water partition coefficient (Wildman–Crippen LogP) is 10.2. The van der Waals surface area contributed by atoms with Gasteiger partial charge in [-0.2, -0.15) is 10.2 Å². The third kappa shape index (κ3) is 10.0. The lowest BCUT2D eigenvalue weighted by Crippen LogP contribution is -2.28. The summed E-state index contributed by atoms with van der Waals surface area (Å²) in [5.74, 6) is -0.456. The van der Waals surface area contributed by atoms with Crippen LogP contribution in [0.3, 0.4) is 0 Å². The maximum absolute atomic E-state index is 13.1. The van der Waals surface area contributed by atoms with Gasteiger partial charge in [0.25, 0.3) is 11.1 Å². The number of unbranched alkanes of at least 4 members (excludes halogenated alkanes) is 1. The summed E-state index contributed by atoms with van der Waals surface area (Å²) < 4.78 is 2.84. The molecule has 0 aliphatic rings. The molecule has 6 aromatic rings. The summed E-state index contributed by atoms with van der Waals surface area (Å²) in [6.07, 6.45) is 2.49. The summed E-state index contributed by atoms with van der Waals surface area (Å²) in [5, 5.41) is 16.3. The number of anilines is 4. The molecule has 0 saturated carbocycles. The maximum atomic E-state index is 13.1. The molecule has 6 rings (SSSR count). The van der Waals surface area contributed by atoms with Crippen LogP contribution in [-0.4, -0.2) is 31.1 Å². The van der Waals surface area contributed by atoms with E-state index in [1.165, 1.54) is 23.2 Å². The van der Waals surface area contributed by atoms with Crippen molar-refractivity contribution in [3.63, 3.8) is 0 Å². The quantitative estimate of drug-likeness (QED) is 0.111. The second-order valence-electron chi connectivity index (χ2n) is 12.7. The van der Waals surface area contributed by atoms with Crippen molar-refractivity contribution >= 4 is 57.5 Å². The van der Waals surface area contributed by atoms with Gasteiger partial charge < -0.3 is 10.6 Å². The first-order valence-electron chi connectivity index (χ1n) is 18.0. The van der Waals surface area contributed by atoms with Crippen LogP contribution in [0.15, 0.2) is 119 Å². The first-order chi connectivity index (χ1) is 26.5. The molecule has 4 aromatic carbocycles. The Bertz CT molecular complexity index is 2410. The third-order valence-corrected chi connectivity index (χ3v) is 8.93. The summed E-state index contributed by atoms with van der Waals surface area (Å²) in [6, 6.07) is 32.9. The topological polar surface area (TPSA) is 128 Å². The second-order valence-corrected chi connectivity index (χ2v) is 13.6. The molecule has 2 aromatic heterocycles. The summed E-state index contributed by atoms with van der Waals surface area (Å²) in [5.41, 5.74) is 4.16. The van der Waals surface area contributed by atoms with Gasteiger partial charge in [0.05, 0.1) is 11.1 Å². The van der Waals surface area contributed by atoms with Crippen LogP contribution < -0.4 is 21.8 Å². The molecule has 0 bridgehead atoms. The fraction of sp³-hybridized carbons (Fsp3) is 0.209. The molecule has 282 valence electrons. The highest BCUT2D eigenvalue weighted by Gasteiger charge is 2.23. The minimum absolute atomic E-state index is 0.215. The number of hydrogen-bond acceptors (Lipinski definition) is 8. The van der Waals surface area contributed by atoms with Gasteiger partial charge in [0.1, 0.15) is 22.8 Å². The highest BCUT2D eigenvalue weighted by Crippen LogP contribution is 2.30. The molecule has 12 heteroatoms. The van der Waals surface area contributed by atoms with Crippen molar-refractivity contribution in [3.05, 3.63) is 151 Å². The van der Waals surface area contributed by atoms with Crippen molar-refractivity contribution in [3.8, 4) is 22.5 Å². The molecule has 0 radical (unpaired) electrons. The van der Waals surface area contributed by atoms with Crippen LogP contribution in [0.4, 0.5) is 22.7 Å². The Hall–Kier alpha value is -5.84. The Morgan fingerprint density at radius 1 is 0.582 bits per heavy atom. The van der Waals surface area contributed by atoms with Crippen molar-refractivity contribution < 1.29 is 9.59 Å². The first kappa shape index (κ1) is 40.3. The number of nitrogens with one attached hydrogen (secondary N) is 2. The predicted molar refractivity (Wildman–Crippen MR) is 223 cm³/mol. The molecule has 10 nitrogen and oxygen atoms in total. The van der Waals surface area contributed by atoms with Crippen molar-refractivity contribution in [2.24, 2.45) is 0 Å². The number of halogens is 2. The van der Waals surface area contributed by atoms with E-state index in [4.69, 9.17) is 23.2 Å². The van der Waals surface area contributed by atoms with Crippen molar-refractivity contribution in [1.82, 2.24) is 19.6 Å². The van der Waals surface area contributed by atoms with Gasteiger partial charge >= 0.3 is 0 Å². The smallest absolute Gasteiger partial charge is 0.291 e. The van der Waals surface area contributed by atoms with E-state index < -0.39 is 0 Å². The lowest BCUT2D eigenvalue weighted by molar-refractivity contribution is 0.101. The largest absolute Gasteiger partial charge is 0.350 e. The molecule has 0 spiro atoms. The van der Waals surface area contributed by atoms with E-state index in [1.807, 2.05) is 67.6 Å². The van der Waals surface area contributed by atoms with Crippen LogP contribution in [0.25, 0.3) is 22.5 Å². The minimum Gasteiger partial charge on any atom is -0.350 e. The summed E-state index contributed by atoms with van der Waals surface area (Å²) in [4.78, 5) is 51.2. The van der Waals surface area contributed by atoms with Gasteiger partial charge in [-0.05, 0) is 63.1 Å². The number of Topliss-reactive ketones (excluding diaryl/α,β-unsaturated/α-hetero) is 2. The van der Waals surface area contributed by atoms with Crippen LogP contribution in [-0.2, 0) is 13.1 Å². The number of carbonyl (C=O) groups is 2. The molecule has 0 fully saturated rings. The molecule has 55 heavy (non-hydrogen) atoms. The standard InChI is InChI=1S/C22H22ClN3O2.C21H20ClN3O2/c1-3-4-13-26-22(28)21(24-18-12-8-11-17(23)14-18)19(15(2)27)20(25-26)16-9-6-5-7-10-16;1-3-12-25-21(27)20(23-17-11-7-10-16(22)13-17)18(14(2)26)19(24-25)15-8-5-4-6-9-15/h5-12,14,24H,3-4,13H2,1-2H3;4-11,13,23H,3,12H2,1-2H3. The molecule has 0 aliphatic carbocycles. The van der Waals surface area contributed by atoms with Gasteiger partial charge in [-0.1, -0.05) is 116 Å². The summed E-state index contributed by atoms with van der Waals surface area (Å²) in [6.45, 7) is 7.86. The minimum atomic E-state index is -0.332. The number of benzene rings is 4. The average Bonchev–Trinajstić information content (AvgIpc) is 3.17. The number of ketones is 2. The molecule has 0 amide bonds. The molecule has 0 unspecified atom stereocenters. The normalized spacial score (nSPS) is 10.7. The lowest BCUT2D eigenvalue weighted by Gasteiger charge is -2.17. The van der Waals surface area contributed by atoms with Crippen LogP contribution in [0.5, 0.6) is 0 Å². The van der Waals surface area contributed by atoms with Crippen LogP contribution in [0.1, 0.15) is 67.7 Å². The van der Waals surface area contributed by atoms with E-state index in [1.54, 1.807) is 48.5 Å². The number of aromatic nitrogens is 4. The molecule has 0 aliphatic heterocycles. The Labute approximate surface area is 329 Å². The number of carbonyl (C=O) groups excluding carboxylic acids is 2. The summed E-state index contributed by atoms with van der Waals surface area (Å²) in [7, 11) is 0. The molecule has 2 heterocycles. The van der Waals surface area contributed by atoms with Gasteiger partial charge in [0, 0.05) is 45.6 Å². The van der Waals surface area contributed by atoms with E-state index in [2.05, 4.69) is 27.8 Å². The van der Waals surface area contributed by atoms with E-state index in [9.17, 15) is 19.2 Å². The zero-order valence-electron chi connectivity index (χ0n) is 31.1. The van der Waals surface area contributed by atoms with Gasteiger partial charge in [0.15, 0.2) is 11.6 Å². The first-order valence-corrected chi connectivity index (χ1v) is 18.8. The second kappa shape index (κ2) is 19.0. The Morgan fingerprint density at radius 3 is 1.36 bits per heavy atom. The van der Waals surface area contributed by atoms with Crippen molar-refractivity contribution in [2.45, 2.75) is 60.0 Å². The highest BCUT2D eigenvalue weighted by molar-refractivity contribution is 6.31. The monoisotopic (exact) mass is 776 g/mol. The van der Waals surface area contributed by atoms with Crippen molar-refractivity contribution in [1.29, 1.82) is 0 Å². The zero-order valence-corrected chi connectivity index (χ0v) is 32.6. The Balaban J connectivity index is 0.000000211. The number of rotatable bonds is 13. The number of hydrogen-bond donors (Lipinski definition) is 2. The molecule has 0 saturated heterocycles. The van der Waals surface area contributed by atoms with Crippen LogP contribution >= 0.6 is 23.2 Å².